The van der Waals surface area contributed by atoms with Crippen molar-refractivity contribution < 1.29 is 18.6 Å². The van der Waals surface area contributed by atoms with Gasteiger partial charge in [-0.05, 0) is 25.2 Å². The quantitative estimate of drug-likeness (QED) is 0.729. The van der Waals surface area contributed by atoms with Gasteiger partial charge in [-0.25, -0.2) is 8.78 Å². The number of alkyl halides is 2. The molecule has 2 unspecified atom stereocenters. The third kappa shape index (κ3) is 1.15. The molecule has 0 amide bonds. The fourth-order valence-corrected chi connectivity index (χ4v) is 3.56. The van der Waals surface area contributed by atoms with Gasteiger partial charge in [-0.2, -0.15) is 0 Å². The summed E-state index contributed by atoms with van der Waals surface area (Å²) in [7, 11) is 0. The van der Waals surface area contributed by atoms with Crippen molar-refractivity contribution in [1.82, 2.24) is 0 Å². The van der Waals surface area contributed by atoms with Gasteiger partial charge in [0, 0.05) is 18.3 Å². The second-order valence-electron chi connectivity index (χ2n) is 5.38. The Hall–Kier alpha value is -0.220. The number of hydrogen-bond donors (Lipinski definition) is 1. The fourth-order valence-electron chi connectivity index (χ4n) is 3.56. The molecule has 15 heavy (non-hydrogen) atoms. The van der Waals surface area contributed by atoms with Crippen LogP contribution in [0.4, 0.5) is 8.78 Å². The van der Waals surface area contributed by atoms with Crippen LogP contribution in [0.2, 0.25) is 0 Å². The van der Waals surface area contributed by atoms with Crippen LogP contribution in [-0.4, -0.2) is 29.8 Å². The lowest BCUT2D eigenvalue weighted by Gasteiger charge is -2.42. The molecule has 1 N–H and O–H groups in total. The van der Waals surface area contributed by atoms with E-state index >= 15 is 0 Å². The van der Waals surface area contributed by atoms with Crippen molar-refractivity contribution in [3.8, 4) is 0 Å². The summed E-state index contributed by atoms with van der Waals surface area (Å²) < 4.78 is 31.9. The molecule has 2 aliphatic carbocycles. The lowest BCUT2D eigenvalue weighted by Crippen LogP contribution is -2.47. The zero-order chi connectivity index (χ0) is 10.7. The topological polar surface area (TPSA) is 29.5 Å². The van der Waals surface area contributed by atoms with Crippen LogP contribution < -0.4 is 0 Å². The summed E-state index contributed by atoms with van der Waals surface area (Å²) in [5.74, 6) is -2.09. The number of halogens is 2. The van der Waals surface area contributed by atoms with Crippen molar-refractivity contribution >= 4 is 0 Å². The van der Waals surface area contributed by atoms with E-state index in [-0.39, 0.29) is 24.9 Å². The minimum Gasteiger partial charge on any atom is -0.396 e. The van der Waals surface area contributed by atoms with Gasteiger partial charge in [0.05, 0.1) is 18.8 Å². The zero-order valence-electron chi connectivity index (χ0n) is 8.64. The molecule has 0 aromatic heterocycles. The fraction of sp³-hybridized carbons (Fsp3) is 1.00. The van der Waals surface area contributed by atoms with Crippen LogP contribution in [0.15, 0.2) is 0 Å². The molecule has 3 aliphatic rings. The first-order valence-electron chi connectivity index (χ1n) is 5.66. The highest BCUT2D eigenvalue weighted by Gasteiger charge is 2.72. The van der Waals surface area contributed by atoms with Gasteiger partial charge < -0.3 is 9.84 Å². The highest BCUT2D eigenvalue weighted by molar-refractivity contribution is 5.20. The molecule has 86 valence electrons. The molecule has 2 saturated carbocycles. The predicted octanol–water partition coefficient (Wildman–Crippen LogP) is 1.96. The molecular weight excluding hydrogens is 202 g/mol. The Bertz CT molecular complexity index is 278. The van der Waals surface area contributed by atoms with E-state index in [1.165, 1.54) is 0 Å². The summed E-state index contributed by atoms with van der Waals surface area (Å²) in [6.45, 7) is 0.759. The van der Waals surface area contributed by atoms with E-state index in [0.717, 1.165) is 6.42 Å². The Labute approximate surface area is 87.6 Å². The number of rotatable bonds is 1. The Morgan fingerprint density at radius 3 is 2.40 bits per heavy atom. The first kappa shape index (κ1) is 9.97. The molecule has 0 radical (unpaired) electrons. The van der Waals surface area contributed by atoms with E-state index < -0.39 is 11.5 Å². The standard InChI is InChI=1S/C11H16F2O2/c12-11(13)3-1-10(2-4-11)9(7-14)5-8(9)6-15-10/h8,14H,1-7H2. The maximum Gasteiger partial charge on any atom is 0.248 e. The normalized spacial score (nSPS) is 45.4. The van der Waals surface area contributed by atoms with E-state index in [1.54, 1.807) is 0 Å². The molecule has 2 nitrogen and oxygen atoms in total. The first-order valence-corrected chi connectivity index (χ1v) is 5.66. The van der Waals surface area contributed by atoms with Gasteiger partial charge in [0.25, 0.3) is 0 Å². The molecule has 1 saturated heterocycles. The number of fused-ring (bicyclic) bond motifs is 2. The number of hydrogen-bond acceptors (Lipinski definition) is 2. The molecule has 4 heteroatoms. The van der Waals surface area contributed by atoms with Gasteiger partial charge in [0.15, 0.2) is 0 Å². The van der Waals surface area contributed by atoms with Gasteiger partial charge >= 0.3 is 0 Å². The molecule has 0 aromatic carbocycles. The van der Waals surface area contributed by atoms with Crippen LogP contribution in [0.1, 0.15) is 32.1 Å². The van der Waals surface area contributed by atoms with Crippen LogP contribution in [-0.2, 0) is 4.74 Å². The van der Waals surface area contributed by atoms with Crippen molar-refractivity contribution in [1.29, 1.82) is 0 Å². The number of aliphatic hydroxyl groups excluding tert-OH is 1. The van der Waals surface area contributed by atoms with Crippen LogP contribution in [0.3, 0.4) is 0 Å². The number of aliphatic hydroxyl groups is 1. The zero-order valence-corrected chi connectivity index (χ0v) is 8.64. The Morgan fingerprint density at radius 1 is 1.20 bits per heavy atom. The average Bonchev–Trinajstić information content (AvgIpc) is 2.87. The van der Waals surface area contributed by atoms with Crippen LogP contribution in [0, 0.1) is 11.3 Å². The Morgan fingerprint density at radius 2 is 1.87 bits per heavy atom. The van der Waals surface area contributed by atoms with Crippen molar-refractivity contribution in [2.75, 3.05) is 13.2 Å². The summed E-state index contributed by atoms with van der Waals surface area (Å²) in [6.07, 6.45) is 1.63. The minimum absolute atomic E-state index is 0.0819. The average molecular weight is 218 g/mol. The predicted molar refractivity (Wildman–Crippen MR) is 49.7 cm³/mol. The molecule has 2 atom stereocenters. The highest BCUT2D eigenvalue weighted by Crippen LogP contribution is 2.69. The monoisotopic (exact) mass is 218 g/mol. The van der Waals surface area contributed by atoms with E-state index in [4.69, 9.17) is 4.74 Å². The smallest absolute Gasteiger partial charge is 0.248 e. The van der Waals surface area contributed by atoms with E-state index in [1.807, 2.05) is 0 Å². The van der Waals surface area contributed by atoms with E-state index in [0.29, 0.717) is 25.4 Å². The summed E-state index contributed by atoms with van der Waals surface area (Å²) in [6, 6.07) is 0. The molecule has 1 aliphatic heterocycles. The van der Waals surface area contributed by atoms with E-state index in [2.05, 4.69) is 0 Å². The Kier molecular flexibility index (Phi) is 1.81. The molecule has 1 heterocycles. The second kappa shape index (κ2) is 2.72. The minimum atomic E-state index is -2.52. The van der Waals surface area contributed by atoms with Crippen molar-refractivity contribution in [2.45, 2.75) is 43.6 Å². The Balaban J connectivity index is 1.81. The maximum absolute atomic E-state index is 13.1. The summed E-state index contributed by atoms with van der Waals surface area (Å²) in [4.78, 5) is 0. The SMILES string of the molecule is OCC12CC1COC21CCC(F)(F)CC1. The van der Waals surface area contributed by atoms with E-state index in [9.17, 15) is 13.9 Å². The van der Waals surface area contributed by atoms with Gasteiger partial charge in [-0.3, -0.25) is 0 Å². The summed E-state index contributed by atoms with van der Waals surface area (Å²) in [5, 5.41) is 9.45. The van der Waals surface area contributed by atoms with Gasteiger partial charge in [0.2, 0.25) is 5.92 Å². The maximum atomic E-state index is 13.1. The van der Waals surface area contributed by atoms with Crippen LogP contribution in [0.25, 0.3) is 0 Å². The second-order valence-corrected chi connectivity index (χ2v) is 5.38. The molecular formula is C11H16F2O2. The molecule has 3 fully saturated rings. The third-order valence-corrected chi connectivity index (χ3v) is 4.77. The highest BCUT2D eigenvalue weighted by atomic mass is 19.3. The van der Waals surface area contributed by atoms with Gasteiger partial charge in [0.1, 0.15) is 0 Å². The summed E-state index contributed by atoms with van der Waals surface area (Å²) in [5.41, 5.74) is -0.586. The molecule has 3 rings (SSSR count). The van der Waals surface area contributed by atoms with Gasteiger partial charge in [-0.1, -0.05) is 0 Å². The molecule has 1 spiro atoms. The third-order valence-electron chi connectivity index (χ3n) is 4.77. The lowest BCUT2D eigenvalue weighted by molar-refractivity contribution is -0.146. The molecule has 0 bridgehead atoms. The van der Waals surface area contributed by atoms with Crippen molar-refractivity contribution in [3.63, 3.8) is 0 Å². The van der Waals surface area contributed by atoms with Crippen molar-refractivity contribution in [3.05, 3.63) is 0 Å². The van der Waals surface area contributed by atoms with Crippen LogP contribution >= 0.6 is 0 Å². The largest absolute Gasteiger partial charge is 0.396 e. The molecule has 0 aromatic rings. The lowest BCUT2D eigenvalue weighted by atomic mass is 9.72. The first-order chi connectivity index (χ1) is 7.04. The summed E-state index contributed by atoms with van der Waals surface area (Å²) >= 11 is 0. The van der Waals surface area contributed by atoms with Gasteiger partial charge in [-0.15, -0.1) is 0 Å². The number of ether oxygens (including phenoxy) is 1. The van der Waals surface area contributed by atoms with Crippen molar-refractivity contribution in [2.24, 2.45) is 11.3 Å². The van der Waals surface area contributed by atoms with Crippen LogP contribution in [0.5, 0.6) is 0 Å².